The Morgan fingerprint density at radius 2 is 1.90 bits per heavy atom. The van der Waals surface area contributed by atoms with Crippen LogP contribution in [-0.2, 0) is 6.42 Å². The van der Waals surface area contributed by atoms with Crippen LogP contribution >= 0.6 is 0 Å². The van der Waals surface area contributed by atoms with Crippen LogP contribution in [0.4, 0.5) is 0 Å². The van der Waals surface area contributed by atoms with E-state index in [1.165, 1.54) is 11.1 Å². The summed E-state index contributed by atoms with van der Waals surface area (Å²) in [5, 5.41) is 4.52. The van der Waals surface area contributed by atoms with Gasteiger partial charge in [0.2, 0.25) is 0 Å². The van der Waals surface area contributed by atoms with Crippen molar-refractivity contribution in [2.24, 2.45) is 0 Å². The first kappa shape index (κ1) is 13.9. The van der Waals surface area contributed by atoms with Gasteiger partial charge in [0.15, 0.2) is 0 Å². The molecule has 0 aliphatic rings. The third-order valence-corrected chi connectivity index (χ3v) is 3.84. The Balaban J connectivity index is 1.99. The lowest BCUT2D eigenvalue weighted by Gasteiger charge is -2.15. The summed E-state index contributed by atoms with van der Waals surface area (Å²) < 4.78 is 6.01. The number of hydrogen-bond donors (Lipinski definition) is 1. The number of furan rings is 1. The predicted octanol–water partition coefficient (Wildman–Crippen LogP) is 4.69. The van der Waals surface area contributed by atoms with E-state index >= 15 is 0 Å². The normalized spacial score (nSPS) is 12.7. The Labute approximate surface area is 125 Å². The number of para-hydroxylation sites is 1. The van der Waals surface area contributed by atoms with Crippen LogP contribution in [0.5, 0.6) is 0 Å². The molecule has 0 fully saturated rings. The van der Waals surface area contributed by atoms with Crippen LogP contribution in [0.15, 0.2) is 59.0 Å². The van der Waals surface area contributed by atoms with Gasteiger partial charge in [0.25, 0.3) is 0 Å². The van der Waals surface area contributed by atoms with Crippen molar-refractivity contribution in [2.75, 3.05) is 7.05 Å². The molecule has 1 N–H and O–H groups in total. The molecular weight excluding hydrogens is 258 g/mol. The molecule has 2 aromatic carbocycles. The van der Waals surface area contributed by atoms with E-state index in [4.69, 9.17) is 4.42 Å². The van der Waals surface area contributed by atoms with Gasteiger partial charge in [-0.05, 0) is 36.7 Å². The van der Waals surface area contributed by atoms with Gasteiger partial charge < -0.3 is 9.73 Å². The third kappa shape index (κ3) is 2.86. The fourth-order valence-electron chi connectivity index (χ4n) is 2.83. The minimum atomic E-state index is 0.0919. The van der Waals surface area contributed by atoms with E-state index in [9.17, 15) is 0 Å². The van der Waals surface area contributed by atoms with Crippen LogP contribution in [0, 0.1) is 0 Å². The number of rotatable bonds is 5. The van der Waals surface area contributed by atoms with Crippen molar-refractivity contribution < 1.29 is 4.42 Å². The van der Waals surface area contributed by atoms with Gasteiger partial charge in [-0.3, -0.25) is 0 Å². The molecule has 1 unspecified atom stereocenters. The lowest BCUT2D eigenvalue weighted by atomic mass is 10.00. The molecule has 0 radical (unpaired) electrons. The molecular formula is C19H21NO. The van der Waals surface area contributed by atoms with E-state index < -0.39 is 0 Å². The lowest BCUT2D eigenvalue weighted by Crippen LogP contribution is -2.17. The average Bonchev–Trinajstić information content (AvgIpc) is 2.92. The van der Waals surface area contributed by atoms with E-state index in [2.05, 4.69) is 48.6 Å². The summed E-state index contributed by atoms with van der Waals surface area (Å²) in [4.78, 5) is 0. The molecule has 1 heterocycles. The van der Waals surface area contributed by atoms with E-state index in [1.54, 1.807) is 0 Å². The number of hydrogen-bond acceptors (Lipinski definition) is 2. The molecule has 0 aliphatic heterocycles. The molecule has 108 valence electrons. The largest absolute Gasteiger partial charge is 0.459 e. The van der Waals surface area contributed by atoms with Crippen molar-refractivity contribution in [3.8, 4) is 0 Å². The Hall–Kier alpha value is -2.06. The average molecular weight is 279 g/mol. The maximum Gasteiger partial charge on any atom is 0.134 e. The Bertz CT molecular complexity index is 696. The summed E-state index contributed by atoms with van der Waals surface area (Å²) in [7, 11) is 1.98. The quantitative estimate of drug-likeness (QED) is 0.732. The zero-order chi connectivity index (χ0) is 14.7. The number of aryl methyl sites for hydroxylation is 1. The summed E-state index contributed by atoms with van der Waals surface area (Å²) in [5.41, 5.74) is 3.58. The Kier molecular flexibility index (Phi) is 4.07. The highest BCUT2D eigenvalue weighted by atomic mass is 16.3. The molecule has 0 saturated heterocycles. The highest BCUT2D eigenvalue weighted by Gasteiger charge is 2.16. The summed E-state index contributed by atoms with van der Waals surface area (Å²) in [6.07, 6.45) is 2.28. The zero-order valence-electron chi connectivity index (χ0n) is 12.6. The molecule has 2 heteroatoms. The van der Waals surface area contributed by atoms with Crippen LogP contribution in [0.1, 0.15) is 36.3 Å². The maximum atomic E-state index is 6.01. The van der Waals surface area contributed by atoms with E-state index in [0.29, 0.717) is 0 Å². The van der Waals surface area contributed by atoms with Crippen LogP contribution < -0.4 is 5.32 Å². The van der Waals surface area contributed by atoms with Gasteiger partial charge in [-0.25, -0.2) is 0 Å². The molecule has 0 spiro atoms. The maximum absolute atomic E-state index is 6.01. The number of nitrogens with one attached hydrogen (secondary N) is 1. The van der Waals surface area contributed by atoms with Crippen LogP contribution in [0.3, 0.4) is 0 Å². The Morgan fingerprint density at radius 1 is 1.05 bits per heavy atom. The monoisotopic (exact) mass is 279 g/mol. The molecule has 1 atom stereocenters. The van der Waals surface area contributed by atoms with Gasteiger partial charge in [0.05, 0.1) is 6.04 Å². The molecule has 0 saturated carbocycles. The standard InChI is InChI=1S/C19H21NO/c1-3-7-14-8-6-10-16(12-14)19(20-2)18-13-15-9-4-5-11-17(15)21-18/h4-6,8-13,19-20H,3,7H2,1-2H3. The summed E-state index contributed by atoms with van der Waals surface area (Å²) in [5.74, 6) is 0.965. The van der Waals surface area contributed by atoms with Gasteiger partial charge >= 0.3 is 0 Å². The first-order chi connectivity index (χ1) is 10.3. The first-order valence-corrected chi connectivity index (χ1v) is 7.56. The van der Waals surface area contributed by atoms with Crippen LogP contribution in [-0.4, -0.2) is 7.05 Å². The fourth-order valence-corrected chi connectivity index (χ4v) is 2.83. The minimum Gasteiger partial charge on any atom is -0.459 e. The minimum absolute atomic E-state index is 0.0919. The molecule has 0 bridgehead atoms. The number of fused-ring (bicyclic) bond motifs is 1. The van der Waals surface area contributed by atoms with Crippen molar-refractivity contribution >= 4 is 11.0 Å². The molecule has 1 aromatic heterocycles. The van der Waals surface area contributed by atoms with E-state index in [1.807, 2.05) is 25.2 Å². The topological polar surface area (TPSA) is 25.2 Å². The molecule has 3 aromatic rings. The van der Waals surface area contributed by atoms with Gasteiger partial charge in [-0.15, -0.1) is 0 Å². The van der Waals surface area contributed by atoms with E-state index in [-0.39, 0.29) is 6.04 Å². The molecule has 3 rings (SSSR count). The van der Waals surface area contributed by atoms with E-state index in [0.717, 1.165) is 29.6 Å². The molecule has 2 nitrogen and oxygen atoms in total. The molecule has 0 amide bonds. The Morgan fingerprint density at radius 3 is 2.67 bits per heavy atom. The van der Waals surface area contributed by atoms with Crippen molar-refractivity contribution in [1.29, 1.82) is 0 Å². The van der Waals surface area contributed by atoms with Crippen molar-refractivity contribution in [1.82, 2.24) is 5.32 Å². The summed E-state index contributed by atoms with van der Waals surface area (Å²) in [6.45, 7) is 2.21. The third-order valence-electron chi connectivity index (χ3n) is 3.84. The van der Waals surface area contributed by atoms with Crippen molar-refractivity contribution in [2.45, 2.75) is 25.8 Å². The predicted molar refractivity (Wildman–Crippen MR) is 87.6 cm³/mol. The van der Waals surface area contributed by atoms with Crippen molar-refractivity contribution in [3.05, 3.63) is 71.5 Å². The fraction of sp³-hybridized carbons (Fsp3) is 0.263. The molecule has 21 heavy (non-hydrogen) atoms. The zero-order valence-corrected chi connectivity index (χ0v) is 12.6. The van der Waals surface area contributed by atoms with Crippen LogP contribution in [0.25, 0.3) is 11.0 Å². The highest BCUT2D eigenvalue weighted by Crippen LogP contribution is 2.28. The highest BCUT2D eigenvalue weighted by molar-refractivity contribution is 5.77. The van der Waals surface area contributed by atoms with Gasteiger partial charge in [0, 0.05) is 5.39 Å². The second-order valence-corrected chi connectivity index (χ2v) is 5.40. The first-order valence-electron chi connectivity index (χ1n) is 7.56. The summed E-state index contributed by atoms with van der Waals surface area (Å²) >= 11 is 0. The number of benzene rings is 2. The SMILES string of the molecule is CCCc1cccc(C(NC)c2cc3ccccc3o2)c1. The summed E-state index contributed by atoms with van der Waals surface area (Å²) in [6, 6.07) is 19.1. The van der Waals surface area contributed by atoms with Gasteiger partial charge in [0.1, 0.15) is 11.3 Å². The lowest BCUT2D eigenvalue weighted by molar-refractivity contribution is 0.491. The van der Waals surface area contributed by atoms with Gasteiger partial charge in [-0.1, -0.05) is 55.8 Å². The smallest absolute Gasteiger partial charge is 0.134 e. The van der Waals surface area contributed by atoms with Crippen molar-refractivity contribution in [3.63, 3.8) is 0 Å². The second-order valence-electron chi connectivity index (χ2n) is 5.40. The second kappa shape index (κ2) is 6.15. The molecule has 0 aliphatic carbocycles. The van der Waals surface area contributed by atoms with Gasteiger partial charge in [-0.2, -0.15) is 0 Å². The van der Waals surface area contributed by atoms with Crippen LogP contribution in [0.2, 0.25) is 0 Å².